The molecule has 1 aromatic carbocycles. The van der Waals surface area contributed by atoms with Crippen molar-refractivity contribution < 1.29 is 24.2 Å². The molecule has 0 bridgehead atoms. The van der Waals surface area contributed by atoms with Gasteiger partial charge in [0.1, 0.15) is 4.32 Å². The Morgan fingerprint density at radius 2 is 2.03 bits per heavy atom. The highest BCUT2D eigenvalue weighted by molar-refractivity contribution is 8.26. The minimum atomic E-state index is -1.02. The van der Waals surface area contributed by atoms with Crippen LogP contribution in [0, 0.1) is 0 Å². The van der Waals surface area contributed by atoms with Gasteiger partial charge >= 0.3 is 5.97 Å². The zero-order chi connectivity index (χ0) is 21.7. The molecule has 1 aliphatic heterocycles. The van der Waals surface area contributed by atoms with E-state index >= 15 is 0 Å². The van der Waals surface area contributed by atoms with Gasteiger partial charge in [-0.1, -0.05) is 56.2 Å². The molecule has 0 spiro atoms. The number of hydrogen-bond acceptors (Lipinski definition) is 6. The molecule has 162 valence electrons. The van der Waals surface area contributed by atoms with Crippen LogP contribution in [0.2, 0.25) is 0 Å². The Hall–Kier alpha value is -2.06. The molecule has 1 saturated heterocycles. The Balaban J connectivity index is 1.82. The van der Waals surface area contributed by atoms with E-state index in [2.05, 4.69) is 0 Å². The summed E-state index contributed by atoms with van der Waals surface area (Å²) in [7, 11) is 0. The molecule has 1 N–H and O–H groups in total. The normalized spacial score (nSPS) is 19.9. The second-order valence-electron chi connectivity index (χ2n) is 7.34. The van der Waals surface area contributed by atoms with Gasteiger partial charge in [0.05, 0.1) is 11.5 Å². The van der Waals surface area contributed by atoms with E-state index < -0.39 is 12.1 Å². The van der Waals surface area contributed by atoms with Gasteiger partial charge in [-0.3, -0.25) is 9.69 Å². The first kappa shape index (κ1) is 22.6. The van der Waals surface area contributed by atoms with Crippen molar-refractivity contribution in [2.75, 3.05) is 6.61 Å². The van der Waals surface area contributed by atoms with E-state index in [1.165, 1.54) is 18.2 Å². The third kappa shape index (κ3) is 5.16. The average molecular weight is 450 g/mol. The number of thiocarbonyl (C=S) groups is 1. The first-order valence-electron chi connectivity index (χ1n) is 10.4. The van der Waals surface area contributed by atoms with Crippen molar-refractivity contribution in [2.24, 2.45) is 0 Å². The van der Waals surface area contributed by atoms with Gasteiger partial charge in [0.25, 0.3) is 5.91 Å². The SMILES string of the molecule is CCOc1cc(/C=C2/SC(=S)N(C3CCCCC3)C2=O)ccc1OC(CC)C(=O)O. The number of nitrogens with zero attached hydrogens (tertiary/aromatic N) is 1. The summed E-state index contributed by atoms with van der Waals surface area (Å²) >= 11 is 6.82. The van der Waals surface area contributed by atoms with E-state index in [9.17, 15) is 14.7 Å². The van der Waals surface area contributed by atoms with E-state index in [1.54, 1.807) is 30.0 Å². The van der Waals surface area contributed by atoms with Gasteiger partial charge in [0.15, 0.2) is 17.6 Å². The lowest BCUT2D eigenvalue weighted by molar-refractivity contribution is -0.145. The Kier molecular flexibility index (Phi) is 7.77. The number of ether oxygens (including phenoxy) is 2. The maximum Gasteiger partial charge on any atom is 0.344 e. The van der Waals surface area contributed by atoms with E-state index in [4.69, 9.17) is 21.7 Å². The molecule has 1 amide bonds. The number of carboxylic acids is 1. The molecule has 1 heterocycles. The predicted octanol–water partition coefficient (Wildman–Crippen LogP) is 4.86. The number of benzene rings is 1. The maximum absolute atomic E-state index is 13.0. The topological polar surface area (TPSA) is 76.1 Å². The Morgan fingerprint density at radius 3 is 2.67 bits per heavy atom. The molecule has 1 saturated carbocycles. The van der Waals surface area contributed by atoms with Gasteiger partial charge in [0, 0.05) is 6.04 Å². The molecule has 0 radical (unpaired) electrons. The summed E-state index contributed by atoms with van der Waals surface area (Å²) in [6.07, 6.45) is 6.70. The Morgan fingerprint density at radius 1 is 1.30 bits per heavy atom. The molecular weight excluding hydrogens is 422 g/mol. The molecule has 2 fully saturated rings. The molecule has 30 heavy (non-hydrogen) atoms. The lowest BCUT2D eigenvalue weighted by Gasteiger charge is -2.29. The van der Waals surface area contributed by atoms with Gasteiger partial charge in [-0.2, -0.15) is 0 Å². The molecule has 1 aliphatic carbocycles. The van der Waals surface area contributed by atoms with Gasteiger partial charge in [0.2, 0.25) is 0 Å². The van der Waals surface area contributed by atoms with E-state index in [-0.39, 0.29) is 11.9 Å². The van der Waals surface area contributed by atoms with Crippen molar-refractivity contribution in [1.29, 1.82) is 0 Å². The smallest absolute Gasteiger partial charge is 0.344 e. The number of rotatable bonds is 8. The van der Waals surface area contributed by atoms with Gasteiger partial charge in [-0.25, -0.2) is 4.79 Å². The van der Waals surface area contributed by atoms with Crippen LogP contribution >= 0.6 is 24.0 Å². The van der Waals surface area contributed by atoms with Crippen LogP contribution in [0.5, 0.6) is 11.5 Å². The molecule has 8 heteroatoms. The third-order valence-electron chi connectivity index (χ3n) is 5.24. The number of carbonyl (C=O) groups is 2. The fraction of sp³-hybridized carbons (Fsp3) is 0.500. The number of aliphatic carboxylic acids is 1. The minimum Gasteiger partial charge on any atom is -0.490 e. The van der Waals surface area contributed by atoms with Crippen molar-refractivity contribution >= 4 is 46.3 Å². The summed E-state index contributed by atoms with van der Waals surface area (Å²) in [5.74, 6) is -0.228. The average Bonchev–Trinajstić information content (AvgIpc) is 3.01. The summed E-state index contributed by atoms with van der Waals surface area (Å²) in [6, 6.07) is 5.44. The molecule has 6 nitrogen and oxygen atoms in total. The third-order valence-corrected chi connectivity index (χ3v) is 6.57. The first-order valence-corrected chi connectivity index (χ1v) is 11.6. The van der Waals surface area contributed by atoms with Crippen molar-refractivity contribution in [2.45, 2.75) is 64.5 Å². The number of amides is 1. The molecule has 1 atom stereocenters. The standard InChI is InChI=1S/C22H27NO5S2/c1-3-16(21(25)26)28-17-11-10-14(12-18(17)27-4-2)13-19-20(24)23(22(29)30-19)15-8-6-5-7-9-15/h10-13,15-16H,3-9H2,1-2H3,(H,25,26)/b19-13+. The number of carbonyl (C=O) groups excluding carboxylic acids is 1. The highest BCUT2D eigenvalue weighted by Gasteiger charge is 2.37. The van der Waals surface area contributed by atoms with E-state index in [0.717, 1.165) is 31.2 Å². The quantitative estimate of drug-likeness (QED) is 0.449. The van der Waals surface area contributed by atoms with Gasteiger partial charge < -0.3 is 14.6 Å². The molecule has 1 aromatic rings. The van der Waals surface area contributed by atoms with Crippen molar-refractivity contribution in [3.8, 4) is 11.5 Å². The number of carboxylic acid groups (broad SMARTS) is 1. The minimum absolute atomic E-state index is 0.0351. The van der Waals surface area contributed by atoms with Crippen LogP contribution in [0.25, 0.3) is 6.08 Å². The summed E-state index contributed by atoms with van der Waals surface area (Å²) < 4.78 is 11.9. The van der Waals surface area contributed by atoms with Gasteiger partial charge in [-0.15, -0.1) is 0 Å². The Labute approximate surface area is 186 Å². The van der Waals surface area contributed by atoms with Crippen LogP contribution in [-0.4, -0.2) is 45.0 Å². The molecule has 1 unspecified atom stereocenters. The monoisotopic (exact) mass is 449 g/mol. The van der Waals surface area contributed by atoms with Crippen LogP contribution in [0.3, 0.4) is 0 Å². The van der Waals surface area contributed by atoms with Crippen LogP contribution in [0.15, 0.2) is 23.1 Å². The molecule has 2 aliphatic rings. The first-order chi connectivity index (χ1) is 14.4. The van der Waals surface area contributed by atoms with Crippen molar-refractivity contribution in [3.05, 3.63) is 28.7 Å². The predicted molar refractivity (Wildman–Crippen MR) is 122 cm³/mol. The van der Waals surface area contributed by atoms with Gasteiger partial charge in [-0.05, 0) is 50.0 Å². The van der Waals surface area contributed by atoms with Crippen LogP contribution in [0.4, 0.5) is 0 Å². The molecule has 0 aromatic heterocycles. The van der Waals surface area contributed by atoms with Crippen molar-refractivity contribution in [3.63, 3.8) is 0 Å². The number of thioether (sulfide) groups is 1. The summed E-state index contributed by atoms with van der Waals surface area (Å²) in [5, 5.41) is 9.25. The maximum atomic E-state index is 13.0. The zero-order valence-corrected chi connectivity index (χ0v) is 18.9. The fourth-order valence-corrected chi connectivity index (χ4v) is 5.13. The lowest BCUT2D eigenvalue weighted by Crippen LogP contribution is -2.39. The van der Waals surface area contributed by atoms with Crippen LogP contribution < -0.4 is 9.47 Å². The fourth-order valence-electron chi connectivity index (χ4n) is 3.73. The summed E-state index contributed by atoms with van der Waals surface area (Å²) in [6.45, 7) is 4.01. The van der Waals surface area contributed by atoms with E-state index in [0.29, 0.717) is 33.8 Å². The zero-order valence-electron chi connectivity index (χ0n) is 17.3. The van der Waals surface area contributed by atoms with Crippen molar-refractivity contribution in [1.82, 2.24) is 4.90 Å². The molecular formula is C22H27NO5S2. The largest absolute Gasteiger partial charge is 0.490 e. The molecule has 3 rings (SSSR count). The number of hydrogen-bond donors (Lipinski definition) is 1. The second-order valence-corrected chi connectivity index (χ2v) is 9.01. The summed E-state index contributed by atoms with van der Waals surface area (Å²) in [4.78, 5) is 26.7. The Bertz CT molecular complexity index is 848. The van der Waals surface area contributed by atoms with Crippen LogP contribution in [0.1, 0.15) is 57.9 Å². The van der Waals surface area contributed by atoms with E-state index in [1.807, 2.05) is 13.0 Å². The lowest BCUT2D eigenvalue weighted by atomic mass is 9.94. The van der Waals surface area contributed by atoms with Crippen LogP contribution in [-0.2, 0) is 9.59 Å². The highest BCUT2D eigenvalue weighted by atomic mass is 32.2. The highest BCUT2D eigenvalue weighted by Crippen LogP contribution is 2.38. The summed E-state index contributed by atoms with van der Waals surface area (Å²) in [5.41, 5.74) is 0.776. The second kappa shape index (κ2) is 10.3.